The van der Waals surface area contributed by atoms with E-state index in [1.54, 1.807) is 12.1 Å². The minimum atomic E-state index is 0.344. The Morgan fingerprint density at radius 1 is 1.41 bits per heavy atom. The molecule has 0 saturated carbocycles. The van der Waals surface area contributed by atoms with Crippen molar-refractivity contribution in [3.63, 3.8) is 0 Å². The molecule has 0 bridgehead atoms. The SMILES string of the molecule is COc1nc(C=O)ccc1OCC1CC=CC1. The third-order valence-corrected chi connectivity index (χ3v) is 2.74. The topological polar surface area (TPSA) is 48.4 Å². The summed E-state index contributed by atoms with van der Waals surface area (Å²) in [5, 5.41) is 0. The Balaban J connectivity index is 2.01. The molecule has 0 amide bonds. The Bertz CT molecular complexity index is 421. The molecule has 0 atom stereocenters. The molecular weight excluding hydrogens is 218 g/mol. The van der Waals surface area contributed by atoms with Gasteiger partial charge < -0.3 is 9.47 Å². The van der Waals surface area contributed by atoms with Crippen LogP contribution in [0.25, 0.3) is 0 Å². The number of methoxy groups -OCH3 is 1. The van der Waals surface area contributed by atoms with Crippen molar-refractivity contribution in [1.29, 1.82) is 0 Å². The Hall–Kier alpha value is -1.84. The van der Waals surface area contributed by atoms with E-state index < -0.39 is 0 Å². The number of carbonyl (C=O) groups is 1. The fraction of sp³-hybridized carbons (Fsp3) is 0.385. The van der Waals surface area contributed by atoms with Gasteiger partial charge in [-0.25, -0.2) is 4.98 Å². The average molecular weight is 233 g/mol. The second kappa shape index (κ2) is 5.48. The van der Waals surface area contributed by atoms with E-state index >= 15 is 0 Å². The van der Waals surface area contributed by atoms with E-state index in [0.29, 0.717) is 36.1 Å². The largest absolute Gasteiger partial charge is 0.488 e. The molecule has 0 radical (unpaired) electrons. The van der Waals surface area contributed by atoms with Gasteiger partial charge in [0.2, 0.25) is 0 Å². The third-order valence-electron chi connectivity index (χ3n) is 2.74. The first-order valence-electron chi connectivity index (χ1n) is 5.61. The van der Waals surface area contributed by atoms with Gasteiger partial charge in [-0.3, -0.25) is 4.79 Å². The minimum Gasteiger partial charge on any atom is -0.488 e. The number of nitrogens with zero attached hydrogens (tertiary/aromatic N) is 1. The summed E-state index contributed by atoms with van der Waals surface area (Å²) in [6.07, 6.45) is 7.13. The summed E-state index contributed by atoms with van der Waals surface area (Å²) < 4.78 is 10.8. The summed E-state index contributed by atoms with van der Waals surface area (Å²) in [6, 6.07) is 3.34. The molecule has 1 aliphatic rings. The lowest BCUT2D eigenvalue weighted by Crippen LogP contribution is -2.09. The highest BCUT2D eigenvalue weighted by Crippen LogP contribution is 2.26. The van der Waals surface area contributed by atoms with Crippen LogP contribution in [0.2, 0.25) is 0 Å². The zero-order valence-electron chi connectivity index (χ0n) is 9.76. The molecule has 2 rings (SSSR count). The number of allylic oxidation sites excluding steroid dienone is 2. The predicted octanol–water partition coefficient (Wildman–Crippen LogP) is 2.25. The monoisotopic (exact) mass is 233 g/mol. The normalized spacial score (nSPS) is 14.9. The van der Waals surface area contributed by atoms with Crippen LogP contribution in [0.3, 0.4) is 0 Å². The van der Waals surface area contributed by atoms with E-state index in [9.17, 15) is 4.79 Å². The van der Waals surface area contributed by atoms with E-state index in [0.717, 1.165) is 12.8 Å². The summed E-state index contributed by atoms with van der Waals surface area (Å²) in [4.78, 5) is 14.6. The molecule has 1 heterocycles. The summed E-state index contributed by atoms with van der Waals surface area (Å²) in [6.45, 7) is 0.644. The Labute approximate surface area is 100 Å². The molecule has 1 aliphatic carbocycles. The van der Waals surface area contributed by atoms with Crippen molar-refractivity contribution in [2.24, 2.45) is 5.92 Å². The highest BCUT2D eigenvalue weighted by Gasteiger charge is 2.13. The number of pyridine rings is 1. The lowest BCUT2D eigenvalue weighted by Gasteiger charge is -2.13. The molecular formula is C13H15NO3. The van der Waals surface area contributed by atoms with E-state index in [-0.39, 0.29) is 0 Å². The molecule has 4 nitrogen and oxygen atoms in total. The van der Waals surface area contributed by atoms with Gasteiger partial charge in [0, 0.05) is 0 Å². The highest BCUT2D eigenvalue weighted by atomic mass is 16.5. The lowest BCUT2D eigenvalue weighted by atomic mass is 10.1. The van der Waals surface area contributed by atoms with Crippen molar-refractivity contribution in [2.75, 3.05) is 13.7 Å². The molecule has 1 aromatic rings. The fourth-order valence-corrected chi connectivity index (χ4v) is 1.78. The number of carbonyl (C=O) groups excluding carboxylic acids is 1. The van der Waals surface area contributed by atoms with Crippen molar-refractivity contribution in [2.45, 2.75) is 12.8 Å². The second-order valence-corrected chi connectivity index (χ2v) is 3.98. The average Bonchev–Trinajstić information content (AvgIpc) is 2.89. The number of hydrogen-bond acceptors (Lipinski definition) is 4. The number of aromatic nitrogens is 1. The summed E-state index contributed by atoms with van der Waals surface area (Å²) in [7, 11) is 1.51. The second-order valence-electron chi connectivity index (χ2n) is 3.98. The van der Waals surface area contributed by atoms with Crippen molar-refractivity contribution in [3.05, 3.63) is 30.0 Å². The minimum absolute atomic E-state index is 0.344. The van der Waals surface area contributed by atoms with Crippen molar-refractivity contribution < 1.29 is 14.3 Å². The van der Waals surface area contributed by atoms with Gasteiger partial charge in [0.05, 0.1) is 13.7 Å². The van der Waals surface area contributed by atoms with Crippen LogP contribution in [0.1, 0.15) is 23.3 Å². The first kappa shape index (κ1) is 11.6. The van der Waals surface area contributed by atoms with Gasteiger partial charge in [0.25, 0.3) is 5.88 Å². The maximum absolute atomic E-state index is 10.6. The molecule has 0 fully saturated rings. The molecule has 4 heteroatoms. The fourth-order valence-electron chi connectivity index (χ4n) is 1.78. The summed E-state index contributed by atoms with van der Waals surface area (Å²) in [5.74, 6) is 1.48. The van der Waals surface area contributed by atoms with Gasteiger partial charge >= 0.3 is 0 Å². The van der Waals surface area contributed by atoms with Gasteiger partial charge in [-0.15, -0.1) is 0 Å². The molecule has 1 aromatic heterocycles. The summed E-state index contributed by atoms with van der Waals surface area (Å²) in [5.41, 5.74) is 0.344. The van der Waals surface area contributed by atoms with Gasteiger partial charge in [0.15, 0.2) is 12.0 Å². The number of rotatable bonds is 5. The van der Waals surface area contributed by atoms with Crippen LogP contribution in [0.15, 0.2) is 24.3 Å². The van der Waals surface area contributed by atoms with Crippen LogP contribution < -0.4 is 9.47 Å². The molecule has 0 N–H and O–H groups in total. The lowest BCUT2D eigenvalue weighted by molar-refractivity contribution is 0.111. The summed E-state index contributed by atoms with van der Waals surface area (Å²) >= 11 is 0. The van der Waals surface area contributed by atoms with Crippen LogP contribution >= 0.6 is 0 Å². The third kappa shape index (κ3) is 2.84. The van der Waals surface area contributed by atoms with Gasteiger partial charge in [0.1, 0.15) is 5.69 Å². The van der Waals surface area contributed by atoms with E-state index in [1.165, 1.54) is 7.11 Å². The molecule has 90 valence electrons. The van der Waals surface area contributed by atoms with Crippen molar-refractivity contribution in [3.8, 4) is 11.6 Å². The van der Waals surface area contributed by atoms with Crippen LogP contribution in [0.5, 0.6) is 11.6 Å². The standard InChI is InChI=1S/C13H15NO3/c1-16-13-12(7-6-11(8-15)14-13)17-9-10-4-2-3-5-10/h2-3,6-8,10H,4-5,9H2,1H3. The van der Waals surface area contributed by atoms with Crippen LogP contribution in [-0.4, -0.2) is 25.0 Å². The zero-order chi connectivity index (χ0) is 12.1. The molecule has 0 spiro atoms. The Morgan fingerprint density at radius 2 is 2.18 bits per heavy atom. The van der Waals surface area contributed by atoms with Crippen LogP contribution in [0, 0.1) is 5.92 Å². The number of aldehydes is 1. The Kier molecular flexibility index (Phi) is 3.75. The molecule has 17 heavy (non-hydrogen) atoms. The van der Waals surface area contributed by atoms with Gasteiger partial charge in [-0.2, -0.15) is 0 Å². The smallest absolute Gasteiger partial charge is 0.257 e. The van der Waals surface area contributed by atoms with Crippen molar-refractivity contribution >= 4 is 6.29 Å². The first-order valence-corrected chi connectivity index (χ1v) is 5.61. The predicted molar refractivity (Wildman–Crippen MR) is 63.5 cm³/mol. The molecule has 0 aromatic carbocycles. The van der Waals surface area contributed by atoms with E-state index in [1.807, 2.05) is 0 Å². The van der Waals surface area contributed by atoms with E-state index in [4.69, 9.17) is 9.47 Å². The highest BCUT2D eigenvalue weighted by molar-refractivity contribution is 5.72. The number of ether oxygens (including phenoxy) is 2. The molecule has 0 saturated heterocycles. The quantitative estimate of drug-likeness (QED) is 0.578. The Morgan fingerprint density at radius 3 is 2.82 bits per heavy atom. The molecule has 0 unspecified atom stereocenters. The molecule has 0 aliphatic heterocycles. The van der Waals surface area contributed by atoms with Gasteiger partial charge in [-0.1, -0.05) is 12.2 Å². The maximum atomic E-state index is 10.6. The van der Waals surface area contributed by atoms with E-state index in [2.05, 4.69) is 17.1 Å². The maximum Gasteiger partial charge on any atom is 0.257 e. The first-order chi connectivity index (χ1) is 8.33. The van der Waals surface area contributed by atoms with Crippen molar-refractivity contribution in [1.82, 2.24) is 4.98 Å². The number of hydrogen-bond donors (Lipinski definition) is 0. The zero-order valence-corrected chi connectivity index (χ0v) is 9.76. The van der Waals surface area contributed by atoms with Crippen LogP contribution in [0.4, 0.5) is 0 Å². The van der Waals surface area contributed by atoms with Crippen LogP contribution in [-0.2, 0) is 0 Å². The van der Waals surface area contributed by atoms with Gasteiger partial charge in [-0.05, 0) is 30.9 Å².